The van der Waals surface area contributed by atoms with Crippen molar-refractivity contribution in [2.45, 2.75) is 38.3 Å². The Morgan fingerprint density at radius 2 is 2.06 bits per heavy atom. The molecule has 0 aliphatic heterocycles. The van der Waals surface area contributed by atoms with Crippen LogP contribution < -0.4 is 0 Å². The Morgan fingerprint density at radius 3 is 2.72 bits per heavy atom. The molecule has 1 nitrogen and oxygen atoms in total. The van der Waals surface area contributed by atoms with Crippen molar-refractivity contribution >= 4 is 0 Å². The Balaban J connectivity index is 2.08. The molecule has 0 N–H and O–H groups in total. The van der Waals surface area contributed by atoms with Crippen LogP contribution in [-0.2, 0) is 6.54 Å². The largest absolute Gasteiger partial charge is 0.281 e. The third-order valence-electron chi connectivity index (χ3n) is 3.66. The van der Waals surface area contributed by atoms with E-state index in [0.29, 0.717) is 12.6 Å². The summed E-state index contributed by atoms with van der Waals surface area (Å²) in [5.74, 6) is 2.79. The summed E-state index contributed by atoms with van der Waals surface area (Å²) in [6.07, 6.45) is 10.4. The van der Waals surface area contributed by atoms with Gasteiger partial charge in [0.25, 0.3) is 0 Å². The third kappa shape index (κ3) is 3.24. The highest BCUT2D eigenvalue weighted by Crippen LogP contribution is 2.27. The van der Waals surface area contributed by atoms with Crippen molar-refractivity contribution in [3.8, 4) is 12.3 Å². The molecule has 18 heavy (non-hydrogen) atoms. The summed E-state index contributed by atoms with van der Waals surface area (Å²) >= 11 is 0. The van der Waals surface area contributed by atoms with Gasteiger partial charge in [-0.3, -0.25) is 4.90 Å². The molecule has 0 radical (unpaired) electrons. The molecule has 94 valence electrons. The van der Waals surface area contributed by atoms with E-state index >= 15 is 0 Å². The van der Waals surface area contributed by atoms with Crippen LogP contribution in [0, 0.1) is 12.3 Å². The van der Waals surface area contributed by atoms with Crippen LogP contribution in [0.15, 0.2) is 42.5 Å². The van der Waals surface area contributed by atoms with Crippen molar-refractivity contribution in [3.05, 3.63) is 48.0 Å². The molecule has 2 rings (SSSR count). The fraction of sp³-hybridized carbons (Fsp3) is 0.412. The lowest BCUT2D eigenvalue weighted by Gasteiger charge is -2.34. The molecule has 0 aromatic heterocycles. The zero-order valence-corrected chi connectivity index (χ0v) is 10.9. The zero-order chi connectivity index (χ0) is 12.8. The Kier molecular flexibility index (Phi) is 4.61. The van der Waals surface area contributed by atoms with E-state index in [1.54, 1.807) is 0 Å². The van der Waals surface area contributed by atoms with Gasteiger partial charge in [-0.05, 0) is 24.8 Å². The minimum Gasteiger partial charge on any atom is -0.281 e. The Morgan fingerprint density at radius 1 is 1.28 bits per heavy atom. The van der Waals surface area contributed by atoms with Gasteiger partial charge in [0.1, 0.15) is 0 Å². The first-order chi connectivity index (χ1) is 8.81. The molecule has 0 amide bonds. The van der Waals surface area contributed by atoms with Gasteiger partial charge in [0, 0.05) is 12.6 Å². The van der Waals surface area contributed by atoms with Crippen LogP contribution in [-0.4, -0.2) is 17.5 Å². The first-order valence-corrected chi connectivity index (χ1v) is 6.70. The summed E-state index contributed by atoms with van der Waals surface area (Å²) in [6, 6.07) is 11.0. The van der Waals surface area contributed by atoms with Crippen molar-refractivity contribution in [2.75, 3.05) is 6.54 Å². The number of hydrogen-bond donors (Lipinski definition) is 0. The predicted octanol–water partition coefficient (Wildman–Crippen LogP) is 3.62. The molecule has 1 aromatic rings. The van der Waals surface area contributed by atoms with E-state index < -0.39 is 0 Å². The molecule has 1 aromatic carbocycles. The lowest BCUT2D eigenvalue weighted by atomic mass is 9.89. The number of nitrogens with zero attached hydrogens (tertiary/aromatic N) is 1. The lowest BCUT2D eigenvalue weighted by Crippen LogP contribution is -2.37. The molecular formula is C17H21N. The topological polar surface area (TPSA) is 3.24 Å². The fourth-order valence-electron chi connectivity index (χ4n) is 2.71. The summed E-state index contributed by atoms with van der Waals surface area (Å²) < 4.78 is 0. The summed E-state index contributed by atoms with van der Waals surface area (Å²) in [6.45, 7) is 5.86. The van der Waals surface area contributed by atoms with Crippen LogP contribution in [0.4, 0.5) is 0 Å². The van der Waals surface area contributed by atoms with Crippen LogP contribution in [0.3, 0.4) is 0 Å². The van der Waals surface area contributed by atoms with E-state index in [-0.39, 0.29) is 0 Å². The van der Waals surface area contributed by atoms with Gasteiger partial charge in [0.2, 0.25) is 0 Å². The van der Waals surface area contributed by atoms with E-state index in [9.17, 15) is 0 Å². The van der Waals surface area contributed by atoms with Gasteiger partial charge in [-0.25, -0.2) is 0 Å². The maximum absolute atomic E-state index is 5.51. The van der Waals surface area contributed by atoms with Crippen molar-refractivity contribution in [3.63, 3.8) is 0 Å². The van der Waals surface area contributed by atoms with Crippen molar-refractivity contribution in [2.24, 2.45) is 0 Å². The Bertz CT molecular complexity index is 427. The normalized spacial score (nSPS) is 19.8. The molecule has 1 heteroatoms. The quantitative estimate of drug-likeness (QED) is 0.573. The zero-order valence-electron chi connectivity index (χ0n) is 10.9. The highest BCUT2D eigenvalue weighted by Gasteiger charge is 2.23. The number of hydrogen-bond acceptors (Lipinski definition) is 1. The maximum atomic E-state index is 5.51. The van der Waals surface area contributed by atoms with Crippen LogP contribution in [0.25, 0.3) is 0 Å². The highest BCUT2D eigenvalue weighted by atomic mass is 15.1. The second-order valence-corrected chi connectivity index (χ2v) is 5.01. The molecule has 1 fully saturated rings. The minimum atomic E-state index is 0.468. The van der Waals surface area contributed by atoms with E-state index in [0.717, 1.165) is 13.0 Å². The van der Waals surface area contributed by atoms with Crippen LogP contribution in [0.5, 0.6) is 0 Å². The number of terminal acetylenes is 1. The van der Waals surface area contributed by atoms with Gasteiger partial charge < -0.3 is 0 Å². The average Bonchev–Trinajstić information content (AvgIpc) is 2.40. The van der Waals surface area contributed by atoms with Gasteiger partial charge in [-0.1, -0.05) is 54.8 Å². The predicted molar refractivity (Wildman–Crippen MR) is 77.1 cm³/mol. The molecule has 1 saturated carbocycles. The summed E-state index contributed by atoms with van der Waals surface area (Å²) in [7, 11) is 0. The van der Waals surface area contributed by atoms with E-state index in [1.807, 2.05) is 0 Å². The van der Waals surface area contributed by atoms with Crippen molar-refractivity contribution < 1.29 is 0 Å². The monoisotopic (exact) mass is 239 g/mol. The highest BCUT2D eigenvalue weighted by molar-refractivity contribution is 5.17. The van der Waals surface area contributed by atoms with E-state index in [4.69, 9.17) is 6.42 Å². The standard InChI is InChI=1S/C17H21N/c1-3-13-18(14-16-10-5-4-6-11-16)17-12-8-7-9-15(17)2/h1,4-6,10-11,17H,2,7-9,12-14H2. The second-order valence-electron chi connectivity index (χ2n) is 5.01. The van der Waals surface area contributed by atoms with Crippen LogP contribution >= 0.6 is 0 Å². The molecule has 0 bridgehead atoms. The summed E-state index contributed by atoms with van der Waals surface area (Å²) in [5, 5.41) is 0. The van der Waals surface area contributed by atoms with Gasteiger partial charge in [-0.2, -0.15) is 0 Å². The number of benzene rings is 1. The summed E-state index contributed by atoms with van der Waals surface area (Å²) in [4.78, 5) is 2.39. The number of rotatable bonds is 4. The third-order valence-corrected chi connectivity index (χ3v) is 3.66. The molecule has 1 aliphatic rings. The van der Waals surface area contributed by atoms with Crippen molar-refractivity contribution in [1.82, 2.24) is 4.90 Å². The Labute approximate surface area is 111 Å². The van der Waals surface area contributed by atoms with Crippen LogP contribution in [0.1, 0.15) is 31.2 Å². The summed E-state index contributed by atoms with van der Waals surface area (Å²) in [5.41, 5.74) is 2.68. The fourth-order valence-corrected chi connectivity index (χ4v) is 2.71. The van der Waals surface area contributed by atoms with Gasteiger partial charge in [-0.15, -0.1) is 6.42 Å². The van der Waals surface area contributed by atoms with Crippen LogP contribution in [0.2, 0.25) is 0 Å². The van der Waals surface area contributed by atoms with Gasteiger partial charge in [0.15, 0.2) is 0 Å². The Hall–Kier alpha value is -1.52. The van der Waals surface area contributed by atoms with Crippen molar-refractivity contribution in [1.29, 1.82) is 0 Å². The molecule has 1 aliphatic carbocycles. The van der Waals surface area contributed by atoms with Gasteiger partial charge in [0.05, 0.1) is 6.54 Å². The van der Waals surface area contributed by atoms with Gasteiger partial charge >= 0.3 is 0 Å². The molecular weight excluding hydrogens is 218 g/mol. The molecule has 0 spiro atoms. The molecule has 0 heterocycles. The molecule has 0 saturated heterocycles. The average molecular weight is 239 g/mol. The minimum absolute atomic E-state index is 0.468. The molecule has 1 unspecified atom stereocenters. The van der Waals surface area contributed by atoms with E-state index in [1.165, 1.54) is 30.4 Å². The smallest absolute Gasteiger partial charge is 0.0607 e. The second kappa shape index (κ2) is 6.42. The maximum Gasteiger partial charge on any atom is 0.0607 e. The van der Waals surface area contributed by atoms with E-state index in [2.05, 4.69) is 47.7 Å². The lowest BCUT2D eigenvalue weighted by molar-refractivity contribution is 0.210. The molecule has 1 atom stereocenters. The first kappa shape index (κ1) is 12.9. The first-order valence-electron chi connectivity index (χ1n) is 6.70. The SMILES string of the molecule is C#CCN(Cc1ccccc1)C1CCCCC1=C.